The summed E-state index contributed by atoms with van der Waals surface area (Å²) in [6.45, 7) is 4.73. The van der Waals surface area contributed by atoms with Crippen LogP contribution in [0.25, 0.3) is 75.6 Å². The lowest BCUT2D eigenvalue weighted by atomic mass is 9.82. The van der Waals surface area contributed by atoms with Gasteiger partial charge >= 0.3 is 0 Å². The Bertz CT molecular complexity index is 3490. The summed E-state index contributed by atoms with van der Waals surface area (Å²) < 4.78 is 5.04. The van der Waals surface area contributed by atoms with Crippen molar-refractivity contribution in [2.75, 3.05) is 0 Å². The van der Waals surface area contributed by atoms with Gasteiger partial charge in [-0.3, -0.25) is 0 Å². The monoisotopic (exact) mass is 799 g/mol. The molecule has 1 aliphatic heterocycles. The second-order valence-corrected chi connectivity index (χ2v) is 17.9. The molecule has 0 fully saturated rings. The second-order valence-electron chi connectivity index (χ2n) is 16.8. The average molecular weight is 800 g/mol. The zero-order valence-electron chi connectivity index (χ0n) is 34.1. The van der Waals surface area contributed by atoms with Crippen LogP contribution in [0.3, 0.4) is 0 Å². The van der Waals surface area contributed by atoms with Crippen molar-refractivity contribution >= 4 is 70.6 Å². The highest BCUT2D eigenvalue weighted by Gasteiger charge is 2.36. The zero-order valence-corrected chi connectivity index (χ0v) is 34.9. The summed E-state index contributed by atoms with van der Waals surface area (Å²) >= 11 is 1.84. The van der Waals surface area contributed by atoms with E-state index < -0.39 is 0 Å². The van der Waals surface area contributed by atoms with E-state index in [2.05, 4.69) is 206 Å². The molecule has 2 aromatic heterocycles. The molecule has 0 unspecified atom stereocenters. The van der Waals surface area contributed by atoms with E-state index in [4.69, 9.17) is 9.98 Å². The third-order valence-corrected chi connectivity index (χ3v) is 14.1. The molecule has 0 radical (unpaired) electrons. The van der Waals surface area contributed by atoms with Crippen LogP contribution in [0.1, 0.15) is 54.5 Å². The van der Waals surface area contributed by atoms with Gasteiger partial charge in [0, 0.05) is 53.2 Å². The molecule has 0 N–H and O–H groups in total. The molecule has 0 saturated carbocycles. The van der Waals surface area contributed by atoms with Gasteiger partial charge in [0.05, 0.1) is 22.4 Å². The number of fused-ring (bicyclic) bond motifs is 9. The van der Waals surface area contributed by atoms with Gasteiger partial charge in [0.25, 0.3) is 0 Å². The molecule has 290 valence electrons. The Morgan fingerprint density at radius 2 is 1.18 bits per heavy atom. The Labute approximate surface area is 359 Å². The van der Waals surface area contributed by atoms with Crippen LogP contribution >= 0.6 is 11.3 Å². The second kappa shape index (κ2) is 14.0. The number of hydrogen-bond donors (Lipinski definition) is 0. The Kier molecular flexibility index (Phi) is 8.20. The van der Waals surface area contributed by atoms with Crippen molar-refractivity contribution in [2.24, 2.45) is 9.98 Å². The molecule has 0 atom stereocenters. The standard InChI is InChI=1S/C57H41N3S/c1-57(2)48-26-12-9-21-41(48)46-34-47-42-22-10-13-29-52(42)60(53(47)35-49(46)57)40-32-38(36-17-5-3-6-18-36)31-39(33-40)50-27-16-28-51(59-56(58-50)37-19-7-4-8-20-37)45-25-15-24-44-43-23-11-14-30-54(43)61-55(44)45/h3-15,17-26,28-35H,16,27H2,1-2H3/b51-28-,58-50?,59-56?. The first-order chi connectivity index (χ1) is 30.0. The number of aliphatic imine (C=N–C) groups is 2. The van der Waals surface area contributed by atoms with Crippen molar-refractivity contribution in [2.45, 2.75) is 32.1 Å². The fraction of sp³-hybridized carbons (Fsp3) is 0.0877. The molecule has 1 aliphatic carbocycles. The number of amidine groups is 1. The third-order valence-electron chi connectivity index (χ3n) is 12.9. The molecule has 61 heavy (non-hydrogen) atoms. The highest BCUT2D eigenvalue weighted by Crippen LogP contribution is 2.51. The predicted molar refractivity (Wildman–Crippen MR) is 260 cm³/mol. The fourth-order valence-electron chi connectivity index (χ4n) is 9.90. The molecule has 0 spiro atoms. The van der Waals surface area contributed by atoms with Gasteiger partial charge in [-0.15, -0.1) is 11.3 Å². The summed E-state index contributed by atoms with van der Waals surface area (Å²) in [6.07, 6.45) is 3.90. The SMILES string of the molecule is CC1(C)c2ccccc2-c2cc3c4ccccc4n(-c4cc(C5=NC(c6ccccc6)=N/C(c6cccc7c6sc6ccccc67)=C\CC5)cc(-c5ccccc5)c4)c3cc21. The van der Waals surface area contributed by atoms with Crippen LogP contribution in [0.5, 0.6) is 0 Å². The number of hydrogen-bond acceptors (Lipinski definition) is 3. The molecule has 12 rings (SSSR count). The fourth-order valence-corrected chi connectivity index (χ4v) is 11.1. The van der Waals surface area contributed by atoms with E-state index in [1.165, 1.54) is 69.8 Å². The molecule has 0 saturated heterocycles. The quantitative estimate of drug-likeness (QED) is 0.166. The van der Waals surface area contributed by atoms with E-state index >= 15 is 0 Å². The summed E-state index contributed by atoms with van der Waals surface area (Å²) in [7, 11) is 0. The van der Waals surface area contributed by atoms with Crippen LogP contribution < -0.4 is 0 Å². The molecule has 0 bridgehead atoms. The third kappa shape index (κ3) is 5.78. The normalized spacial score (nSPS) is 15.5. The first kappa shape index (κ1) is 35.8. The zero-order chi connectivity index (χ0) is 40.7. The van der Waals surface area contributed by atoms with Gasteiger partial charge in [0.1, 0.15) is 0 Å². The number of para-hydroxylation sites is 1. The highest BCUT2D eigenvalue weighted by molar-refractivity contribution is 7.26. The maximum atomic E-state index is 5.57. The van der Waals surface area contributed by atoms with Gasteiger partial charge in [0.2, 0.25) is 0 Å². The lowest BCUT2D eigenvalue weighted by Gasteiger charge is -2.22. The summed E-state index contributed by atoms with van der Waals surface area (Å²) in [6, 6.07) is 66.3. The average Bonchev–Trinajstić information content (AvgIpc) is 3.92. The van der Waals surface area contributed by atoms with Crippen LogP contribution in [0.2, 0.25) is 0 Å². The van der Waals surface area contributed by atoms with Crippen molar-refractivity contribution in [3.63, 3.8) is 0 Å². The van der Waals surface area contributed by atoms with Crippen LogP contribution in [-0.2, 0) is 5.41 Å². The number of thiophene rings is 1. The van der Waals surface area contributed by atoms with Gasteiger partial charge in [0.15, 0.2) is 5.84 Å². The number of allylic oxidation sites excluding steroid dienone is 1. The Hall–Kier alpha value is -7.14. The molecular weight excluding hydrogens is 759 g/mol. The van der Waals surface area contributed by atoms with E-state index in [0.717, 1.165) is 58.0 Å². The summed E-state index contributed by atoms with van der Waals surface area (Å²) in [5.74, 6) is 0.723. The molecule has 4 heteroatoms. The topological polar surface area (TPSA) is 29.6 Å². The molecule has 3 heterocycles. The Morgan fingerprint density at radius 3 is 2.03 bits per heavy atom. The maximum absolute atomic E-state index is 5.57. The van der Waals surface area contributed by atoms with Crippen molar-refractivity contribution in [3.05, 3.63) is 216 Å². The summed E-state index contributed by atoms with van der Waals surface area (Å²) in [4.78, 5) is 11.0. The maximum Gasteiger partial charge on any atom is 0.160 e. The molecule has 3 nitrogen and oxygen atoms in total. The Balaban J connectivity index is 1.07. The number of benzene rings is 8. The van der Waals surface area contributed by atoms with E-state index in [0.29, 0.717) is 0 Å². The van der Waals surface area contributed by atoms with Gasteiger partial charge in [-0.05, 0) is 94.3 Å². The van der Waals surface area contributed by atoms with E-state index in [-0.39, 0.29) is 5.41 Å². The first-order valence-electron chi connectivity index (χ1n) is 21.2. The highest BCUT2D eigenvalue weighted by atomic mass is 32.1. The number of nitrogens with zero attached hydrogens (tertiary/aromatic N) is 3. The van der Waals surface area contributed by atoms with E-state index in [1.807, 2.05) is 11.3 Å². The minimum absolute atomic E-state index is 0.117. The van der Waals surface area contributed by atoms with Crippen molar-refractivity contribution in [3.8, 4) is 27.9 Å². The molecule has 10 aromatic rings. The van der Waals surface area contributed by atoms with Crippen LogP contribution in [0.4, 0.5) is 0 Å². The minimum Gasteiger partial charge on any atom is -0.309 e. The van der Waals surface area contributed by atoms with Crippen LogP contribution in [-0.4, -0.2) is 16.1 Å². The van der Waals surface area contributed by atoms with E-state index in [1.54, 1.807) is 0 Å². The molecule has 2 aliphatic rings. The molecule has 8 aromatic carbocycles. The van der Waals surface area contributed by atoms with Gasteiger partial charge in [-0.25, -0.2) is 9.98 Å². The Morgan fingerprint density at radius 1 is 0.492 bits per heavy atom. The molecular formula is C57H41N3S. The van der Waals surface area contributed by atoms with Gasteiger partial charge in [-0.1, -0.05) is 159 Å². The van der Waals surface area contributed by atoms with Crippen molar-refractivity contribution in [1.29, 1.82) is 0 Å². The van der Waals surface area contributed by atoms with Gasteiger partial charge in [-0.2, -0.15) is 0 Å². The summed E-state index contributed by atoms with van der Waals surface area (Å²) in [5.41, 5.74) is 16.4. The first-order valence-corrected chi connectivity index (χ1v) is 22.0. The smallest absolute Gasteiger partial charge is 0.160 e. The lowest BCUT2D eigenvalue weighted by molar-refractivity contribution is 0.661. The summed E-state index contributed by atoms with van der Waals surface area (Å²) in [5, 5.41) is 5.08. The van der Waals surface area contributed by atoms with E-state index in [9.17, 15) is 0 Å². The van der Waals surface area contributed by atoms with Crippen LogP contribution in [0, 0.1) is 0 Å². The number of rotatable bonds is 5. The van der Waals surface area contributed by atoms with Gasteiger partial charge < -0.3 is 4.57 Å². The minimum atomic E-state index is -0.117. The lowest BCUT2D eigenvalue weighted by Crippen LogP contribution is -2.15. The van der Waals surface area contributed by atoms with Crippen LogP contribution in [0.15, 0.2) is 198 Å². The largest absolute Gasteiger partial charge is 0.309 e. The number of aromatic nitrogens is 1. The van der Waals surface area contributed by atoms with Crippen molar-refractivity contribution < 1.29 is 0 Å². The molecule has 0 amide bonds. The predicted octanol–water partition coefficient (Wildman–Crippen LogP) is 15.2. The van der Waals surface area contributed by atoms with Crippen molar-refractivity contribution in [1.82, 2.24) is 4.57 Å².